The Morgan fingerprint density at radius 3 is 1.91 bits per heavy atom. The van der Waals surface area contributed by atoms with Crippen LogP contribution in [0.15, 0.2) is 28.7 Å². The zero-order chi connectivity index (χ0) is 32.2. The van der Waals surface area contributed by atoms with Crippen molar-refractivity contribution in [2.45, 2.75) is 68.3 Å². The van der Waals surface area contributed by atoms with E-state index in [9.17, 15) is 61.3 Å². The predicted molar refractivity (Wildman–Crippen MR) is 142 cm³/mol. The first kappa shape index (κ1) is 31.5. The zero-order valence-electron chi connectivity index (χ0n) is 22.7. The average Bonchev–Trinajstić information content (AvgIpc) is 2.99. The molecule has 0 radical (unpaired) electrons. The number of rotatable bonds is 6. The van der Waals surface area contributed by atoms with Crippen LogP contribution in [0.5, 0.6) is 40.2 Å². The summed E-state index contributed by atoms with van der Waals surface area (Å²) in [5.74, 6) is -5.64. The number of aromatic hydroxyl groups is 6. The maximum atomic E-state index is 10.7. The van der Waals surface area contributed by atoms with E-state index in [-0.39, 0.29) is 22.3 Å². The molecule has 0 aliphatic carbocycles. The summed E-state index contributed by atoms with van der Waals surface area (Å²) >= 11 is 0. The smallest absolute Gasteiger partial charge is 0.402 e. The topological polar surface area (TPSA) is 291 Å². The van der Waals surface area contributed by atoms with E-state index in [2.05, 4.69) is 0 Å². The summed E-state index contributed by atoms with van der Waals surface area (Å²) in [5.41, 5.74) is -0.363. The van der Waals surface area contributed by atoms with Crippen LogP contribution in [0.2, 0.25) is 0 Å². The lowest BCUT2D eigenvalue weighted by Crippen LogP contribution is -2.61. The zero-order valence-corrected chi connectivity index (χ0v) is 22.7. The van der Waals surface area contributed by atoms with Gasteiger partial charge in [0, 0.05) is 18.2 Å². The Balaban J connectivity index is 1.48. The lowest BCUT2D eigenvalue weighted by Gasteiger charge is -2.42. The molecule has 0 bridgehead atoms. The van der Waals surface area contributed by atoms with Crippen LogP contribution < -0.4 is 4.74 Å². The van der Waals surface area contributed by atoms with E-state index in [1.54, 1.807) is 0 Å². The van der Waals surface area contributed by atoms with Crippen molar-refractivity contribution in [3.63, 3.8) is 0 Å². The Bertz CT molecular complexity index is 1510. The third-order valence-corrected chi connectivity index (χ3v) is 7.44. The highest BCUT2D eigenvalue weighted by atomic mass is 16.7. The fraction of sp³-hybridized carbons (Fsp3) is 0.444. The first-order valence-electron chi connectivity index (χ1n) is 13.2. The van der Waals surface area contributed by atoms with Crippen molar-refractivity contribution in [3.05, 3.63) is 24.3 Å². The minimum Gasteiger partial charge on any atom is -0.504 e. The van der Waals surface area contributed by atoms with Gasteiger partial charge in [-0.1, -0.05) is 0 Å². The van der Waals surface area contributed by atoms with Gasteiger partial charge >= 0.3 is 11.3 Å². The van der Waals surface area contributed by atoms with E-state index in [4.69, 9.17) is 23.4 Å². The number of aliphatic hydroxyl groups excluding tert-OH is 6. The van der Waals surface area contributed by atoms with E-state index in [0.29, 0.717) is 0 Å². The van der Waals surface area contributed by atoms with E-state index in [1.807, 2.05) is 0 Å². The highest BCUT2D eigenvalue weighted by Gasteiger charge is 2.48. The number of hydrogen-bond donors (Lipinski definition) is 12. The minimum atomic E-state index is -1.93. The van der Waals surface area contributed by atoms with Gasteiger partial charge in [0.1, 0.15) is 48.1 Å². The first-order chi connectivity index (χ1) is 20.7. The van der Waals surface area contributed by atoms with Crippen molar-refractivity contribution >= 4 is 11.0 Å². The van der Waals surface area contributed by atoms with Crippen molar-refractivity contribution in [1.82, 2.24) is 0 Å². The van der Waals surface area contributed by atoms with Crippen LogP contribution in [0.3, 0.4) is 0 Å². The van der Waals surface area contributed by atoms with Crippen LogP contribution in [-0.4, -0.2) is 129 Å². The molecule has 12 N–H and O–H groups in total. The quantitative estimate of drug-likeness (QED) is 0.111. The second-order valence-electron chi connectivity index (χ2n) is 10.5. The van der Waals surface area contributed by atoms with Crippen LogP contribution >= 0.6 is 0 Å². The van der Waals surface area contributed by atoms with Crippen molar-refractivity contribution in [2.24, 2.45) is 0 Å². The standard InChI is InChI=1S/C27H30O17/c1-7-16(31)21(36)23(38)26(41-7)40-6-15-20(35)22(37)24(39)27(44-15)43-14-4-9-13(5-12(30)19(34)17(9)32)42-25(14)8-2-10(28)18(33)11(29)3-8/h2-5,7,15-16,20-24,26-27,31,35-39H,6H2,1H3,(H5-,28,29,30,32,33,34)/p+1/t7-,15+,16-,20+,21+,22-,23+,24+,26+,27?/m0/s1. The predicted octanol–water partition coefficient (Wildman–Crippen LogP) is -1.36. The van der Waals surface area contributed by atoms with Gasteiger partial charge in [-0.3, -0.25) is 0 Å². The number of ether oxygens (including phenoxy) is 4. The van der Waals surface area contributed by atoms with Gasteiger partial charge in [0.05, 0.1) is 24.3 Å². The molecule has 17 heteroatoms. The molecule has 1 unspecified atom stereocenters. The third kappa shape index (κ3) is 5.56. The van der Waals surface area contributed by atoms with Gasteiger partial charge in [0.15, 0.2) is 35.0 Å². The molecule has 2 aromatic carbocycles. The maximum absolute atomic E-state index is 10.7. The molecule has 3 aromatic rings. The molecule has 5 rings (SSSR count). The Morgan fingerprint density at radius 1 is 0.659 bits per heavy atom. The Hall–Kier alpha value is -3.91. The molecule has 2 aliphatic rings. The van der Waals surface area contributed by atoms with Crippen LogP contribution in [0, 0.1) is 0 Å². The van der Waals surface area contributed by atoms with Crippen LogP contribution in [0.1, 0.15) is 6.92 Å². The second-order valence-corrected chi connectivity index (χ2v) is 10.5. The number of aliphatic hydroxyl groups is 6. The number of fused-ring (bicyclic) bond motifs is 1. The number of phenols is 6. The lowest BCUT2D eigenvalue weighted by atomic mass is 9.98. The summed E-state index contributed by atoms with van der Waals surface area (Å²) in [5, 5.41) is 122. The fourth-order valence-corrected chi connectivity index (χ4v) is 4.86. The van der Waals surface area contributed by atoms with Crippen LogP contribution in [0.25, 0.3) is 22.3 Å². The third-order valence-electron chi connectivity index (χ3n) is 7.44. The van der Waals surface area contributed by atoms with Crippen molar-refractivity contribution in [3.8, 4) is 51.6 Å². The SMILES string of the molecule is C[C@@H]1O[C@@H](OC[C@H]2OC(Oc3cc4c(O)c(O)c(O)cc4[o+]c3-c3cc(O)c(O)c(O)c3)[C@H](O)[C@@H](O)[C@@H]2O)[C@H](O)[C@H](O)[C@H]1O. The summed E-state index contributed by atoms with van der Waals surface area (Å²) in [6, 6.07) is 3.93. The van der Waals surface area contributed by atoms with E-state index in [1.165, 1.54) is 6.92 Å². The van der Waals surface area contributed by atoms with Gasteiger partial charge in [-0.25, -0.2) is 4.42 Å². The van der Waals surface area contributed by atoms with Gasteiger partial charge in [-0.2, -0.15) is 0 Å². The molecule has 2 saturated heterocycles. The molecule has 1 aromatic heterocycles. The molecule has 2 aliphatic heterocycles. The molecule has 240 valence electrons. The van der Waals surface area contributed by atoms with E-state index in [0.717, 1.165) is 24.3 Å². The molecule has 0 saturated carbocycles. The molecule has 17 nitrogen and oxygen atoms in total. The number of phenolic OH excluding ortho intramolecular Hbond substituents is 6. The molecule has 10 atom stereocenters. The summed E-state index contributed by atoms with van der Waals surface area (Å²) in [6.07, 6.45) is -16.0. The maximum Gasteiger partial charge on any atom is 0.402 e. The summed E-state index contributed by atoms with van der Waals surface area (Å²) in [4.78, 5) is 0. The Morgan fingerprint density at radius 2 is 1.25 bits per heavy atom. The largest absolute Gasteiger partial charge is 0.504 e. The average molecular weight is 628 g/mol. The lowest BCUT2D eigenvalue weighted by molar-refractivity contribution is -0.318. The molecule has 0 spiro atoms. The molecule has 0 amide bonds. The molecular formula is C27H31O17+. The summed E-state index contributed by atoms with van der Waals surface area (Å²) < 4.78 is 28.0. The van der Waals surface area contributed by atoms with Gasteiger partial charge in [-0.15, -0.1) is 0 Å². The monoisotopic (exact) mass is 627 g/mol. The van der Waals surface area contributed by atoms with Gasteiger partial charge in [0.2, 0.25) is 17.8 Å². The first-order valence-corrected chi connectivity index (χ1v) is 13.2. The summed E-state index contributed by atoms with van der Waals surface area (Å²) in [7, 11) is 0. The Kier molecular flexibility index (Phi) is 8.51. The normalized spacial score (nSPS) is 32.5. The minimum absolute atomic E-state index is 0.133. The number of benzene rings is 2. The van der Waals surface area contributed by atoms with Crippen molar-refractivity contribution in [1.29, 1.82) is 0 Å². The van der Waals surface area contributed by atoms with Crippen molar-refractivity contribution < 1.29 is 84.6 Å². The van der Waals surface area contributed by atoms with Gasteiger partial charge < -0.3 is 80.2 Å². The second kappa shape index (κ2) is 11.9. The molecular weight excluding hydrogens is 596 g/mol. The molecule has 2 fully saturated rings. The fourth-order valence-electron chi connectivity index (χ4n) is 4.86. The van der Waals surface area contributed by atoms with E-state index < -0.39 is 108 Å². The number of hydrogen-bond acceptors (Lipinski definition) is 16. The van der Waals surface area contributed by atoms with Crippen LogP contribution in [-0.2, 0) is 14.2 Å². The van der Waals surface area contributed by atoms with Crippen LogP contribution in [0.4, 0.5) is 0 Å². The van der Waals surface area contributed by atoms with Gasteiger partial charge in [0.25, 0.3) is 0 Å². The Labute approximate surface area is 246 Å². The highest BCUT2D eigenvalue weighted by Crippen LogP contribution is 2.47. The summed E-state index contributed by atoms with van der Waals surface area (Å²) in [6.45, 7) is 0.829. The van der Waals surface area contributed by atoms with E-state index >= 15 is 0 Å². The van der Waals surface area contributed by atoms with Gasteiger partial charge in [-0.05, 0) is 6.92 Å². The highest BCUT2D eigenvalue weighted by molar-refractivity contribution is 5.91. The molecule has 44 heavy (non-hydrogen) atoms. The van der Waals surface area contributed by atoms with Crippen molar-refractivity contribution in [2.75, 3.05) is 6.61 Å². The molecule has 3 heterocycles.